The van der Waals surface area contributed by atoms with Crippen LogP contribution in [0, 0.1) is 0 Å². The van der Waals surface area contributed by atoms with Crippen LogP contribution in [0.3, 0.4) is 0 Å². The number of carbonyl (C=O) groups is 1. The zero-order valence-electron chi connectivity index (χ0n) is 11.6. The van der Waals surface area contributed by atoms with Crippen LogP contribution in [0.25, 0.3) is 0 Å². The first-order chi connectivity index (χ1) is 10.1. The first-order valence-electron chi connectivity index (χ1n) is 7.18. The van der Waals surface area contributed by atoms with E-state index in [-0.39, 0.29) is 0 Å². The minimum Gasteiger partial charge on any atom is -0.478 e. The minimum atomic E-state index is -0.877. The number of carboxylic acid groups (broad SMARTS) is 1. The monoisotopic (exact) mass is 348 g/mol. The Bertz CT molecular complexity index is 660. The molecular weight excluding hydrogens is 332 g/mol. The van der Waals surface area contributed by atoms with Crippen molar-refractivity contribution < 1.29 is 9.90 Å². The zero-order chi connectivity index (χ0) is 14.8. The maximum absolute atomic E-state index is 11.4. The zero-order valence-corrected chi connectivity index (χ0v) is 13.2. The molecule has 21 heavy (non-hydrogen) atoms. The van der Waals surface area contributed by atoms with Crippen molar-refractivity contribution in [2.24, 2.45) is 0 Å². The van der Waals surface area contributed by atoms with E-state index in [0.717, 1.165) is 28.6 Å². The van der Waals surface area contributed by atoms with Gasteiger partial charge in [0, 0.05) is 16.6 Å². The second-order valence-electron chi connectivity index (χ2n) is 5.54. The highest BCUT2D eigenvalue weighted by molar-refractivity contribution is 9.10. The Hall–Kier alpha value is -1.62. The third-order valence-corrected chi connectivity index (χ3v) is 4.49. The number of nitrogens with zero attached hydrogens (tertiary/aromatic N) is 2. The minimum absolute atomic E-state index is 0.305. The van der Waals surface area contributed by atoms with Gasteiger partial charge in [-0.15, -0.1) is 0 Å². The number of hydrogen-bond acceptors (Lipinski definition) is 2. The van der Waals surface area contributed by atoms with Gasteiger partial charge < -0.3 is 5.11 Å². The Morgan fingerprint density at radius 1 is 1.38 bits per heavy atom. The second kappa shape index (κ2) is 6.02. The Balaban J connectivity index is 1.89. The lowest BCUT2D eigenvalue weighted by atomic mass is 10.0. The number of carboxylic acids is 1. The van der Waals surface area contributed by atoms with Gasteiger partial charge in [-0.2, -0.15) is 5.10 Å². The summed E-state index contributed by atoms with van der Waals surface area (Å²) in [5, 5.41) is 13.9. The summed E-state index contributed by atoms with van der Waals surface area (Å²) in [5.74, 6) is -0.572. The molecule has 2 aromatic rings. The summed E-state index contributed by atoms with van der Waals surface area (Å²) in [4.78, 5) is 11.4. The summed E-state index contributed by atoms with van der Waals surface area (Å²) < 4.78 is 2.76. The molecule has 0 aliphatic heterocycles. The van der Waals surface area contributed by atoms with Crippen molar-refractivity contribution in [2.75, 3.05) is 0 Å². The number of aromatic carboxylic acids is 1. The number of benzene rings is 1. The SMILES string of the molecule is O=C(O)c1cn(Cc2cccc(Br)c2)nc1C1CCCC1. The molecule has 1 aromatic carbocycles. The highest BCUT2D eigenvalue weighted by atomic mass is 79.9. The van der Waals surface area contributed by atoms with Crippen LogP contribution in [-0.4, -0.2) is 20.9 Å². The van der Waals surface area contributed by atoms with E-state index in [4.69, 9.17) is 0 Å². The van der Waals surface area contributed by atoms with Crippen LogP contribution in [0.2, 0.25) is 0 Å². The predicted molar refractivity (Wildman–Crippen MR) is 83.6 cm³/mol. The number of halogens is 1. The summed E-state index contributed by atoms with van der Waals surface area (Å²) >= 11 is 3.45. The molecule has 0 amide bonds. The van der Waals surface area contributed by atoms with Crippen LogP contribution >= 0.6 is 15.9 Å². The van der Waals surface area contributed by atoms with Gasteiger partial charge in [0.2, 0.25) is 0 Å². The lowest BCUT2D eigenvalue weighted by Gasteiger charge is -2.06. The predicted octanol–water partition coefficient (Wildman–Crippen LogP) is 4.05. The van der Waals surface area contributed by atoms with Crippen LogP contribution in [-0.2, 0) is 6.54 Å². The first kappa shape index (κ1) is 14.3. The van der Waals surface area contributed by atoms with Crippen molar-refractivity contribution in [3.8, 4) is 0 Å². The molecule has 4 nitrogen and oxygen atoms in total. The van der Waals surface area contributed by atoms with Crippen molar-refractivity contribution in [1.29, 1.82) is 0 Å². The molecule has 0 saturated heterocycles. The van der Waals surface area contributed by atoms with E-state index >= 15 is 0 Å². The van der Waals surface area contributed by atoms with Crippen molar-refractivity contribution in [2.45, 2.75) is 38.1 Å². The van der Waals surface area contributed by atoms with E-state index < -0.39 is 5.97 Å². The van der Waals surface area contributed by atoms with E-state index in [1.807, 2.05) is 24.3 Å². The molecule has 1 saturated carbocycles. The fourth-order valence-electron chi connectivity index (χ4n) is 3.01. The van der Waals surface area contributed by atoms with Crippen LogP contribution in [0.5, 0.6) is 0 Å². The Morgan fingerprint density at radius 3 is 2.81 bits per heavy atom. The molecule has 1 aliphatic carbocycles. The summed E-state index contributed by atoms with van der Waals surface area (Å²) in [6.45, 7) is 0.590. The van der Waals surface area contributed by atoms with Crippen LogP contribution in [0.1, 0.15) is 53.2 Å². The van der Waals surface area contributed by atoms with Gasteiger partial charge in [0.05, 0.1) is 12.2 Å². The molecule has 5 heteroatoms. The van der Waals surface area contributed by atoms with Gasteiger partial charge >= 0.3 is 5.97 Å². The summed E-state index contributed by atoms with van der Waals surface area (Å²) in [6, 6.07) is 7.98. The molecule has 0 unspecified atom stereocenters. The lowest BCUT2D eigenvalue weighted by Crippen LogP contribution is -2.04. The lowest BCUT2D eigenvalue weighted by molar-refractivity contribution is 0.0695. The van der Waals surface area contributed by atoms with E-state index in [1.165, 1.54) is 12.8 Å². The average molecular weight is 349 g/mol. The average Bonchev–Trinajstić information content (AvgIpc) is 3.06. The van der Waals surface area contributed by atoms with E-state index in [2.05, 4.69) is 21.0 Å². The van der Waals surface area contributed by atoms with Crippen LogP contribution in [0.4, 0.5) is 0 Å². The highest BCUT2D eigenvalue weighted by Crippen LogP contribution is 2.35. The van der Waals surface area contributed by atoms with Gasteiger partial charge in [0.15, 0.2) is 0 Å². The number of aromatic nitrogens is 2. The molecule has 1 heterocycles. The van der Waals surface area contributed by atoms with Gasteiger partial charge in [0.25, 0.3) is 0 Å². The Morgan fingerprint density at radius 2 is 2.14 bits per heavy atom. The first-order valence-corrected chi connectivity index (χ1v) is 7.98. The molecular formula is C16H17BrN2O2. The Labute approximate surface area is 131 Å². The molecule has 0 bridgehead atoms. The quantitative estimate of drug-likeness (QED) is 0.906. The van der Waals surface area contributed by atoms with Crippen molar-refractivity contribution in [3.63, 3.8) is 0 Å². The fraction of sp³-hybridized carbons (Fsp3) is 0.375. The second-order valence-corrected chi connectivity index (χ2v) is 6.46. The molecule has 0 atom stereocenters. The topological polar surface area (TPSA) is 55.1 Å². The van der Waals surface area contributed by atoms with Gasteiger partial charge in [0.1, 0.15) is 5.56 Å². The van der Waals surface area contributed by atoms with Crippen molar-refractivity contribution in [1.82, 2.24) is 9.78 Å². The molecule has 1 N–H and O–H groups in total. The maximum atomic E-state index is 11.4. The summed E-state index contributed by atoms with van der Waals surface area (Å²) in [7, 11) is 0. The molecule has 1 aliphatic rings. The van der Waals surface area contributed by atoms with E-state index in [1.54, 1.807) is 10.9 Å². The summed E-state index contributed by atoms with van der Waals surface area (Å²) in [5.41, 5.74) is 2.22. The van der Waals surface area contributed by atoms with E-state index in [9.17, 15) is 9.90 Å². The molecule has 3 rings (SSSR count). The summed E-state index contributed by atoms with van der Waals surface area (Å²) in [6.07, 6.45) is 6.10. The molecule has 0 spiro atoms. The smallest absolute Gasteiger partial charge is 0.339 e. The molecule has 1 fully saturated rings. The van der Waals surface area contributed by atoms with Crippen molar-refractivity contribution in [3.05, 3.63) is 51.8 Å². The fourth-order valence-corrected chi connectivity index (χ4v) is 3.45. The van der Waals surface area contributed by atoms with Gasteiger partial charge in [-0.1, -0.05) is 40.9 Å². The molecule has 1 aromatic heterocycles. The standard InChI is InChI=1S/C16H17BrN2O2/c17-13-7-3-4-11(8-13)9-19-10-14(16(20)21)15(18-19)12-5-1-2-6-12/h3-4,7-8,10,12H,1-2,5-6,9H2,(H,20,21). The largest absolute Gasteiger partial charge is 0.478 e. The van der Waals surface area contributed by atoms with Crippen molar-refractivity contribution >= 4 is 21.9 Å². The Kier molecular flexibility index (Phi) is 4.10. The molecule has 110 valence electrons. The van der Waals surface area contributed by atoms with E-state index in [0.29, 0.717) is 18.0 Å². The third kappa shape index (κ3) is 3.18. The van der Waals surface area contributed by atoms with Gasteiger partial charge in [-0.05, 0) is 30.5 Å². The highest BCUT2D eigenvalue weighted by Gasteiger charge is 2.26. The van der Waals surface area contributed by atoms with Crippen LogP contribution in [0.15, 0.2) is 34.9 Å². The van der Waals surface area contributed by atoms with Crippen LogP contribution < -0.4 is 0 Å². The number of hydrogen-bond donors (Lipinski definition) is 1. The maximum Gasteiger partial charge on any atom is 0.339 e. The third-order valence-electron chi connectivity index (χ3n) is 4.00. The number of rotatable bonds is 4. The molecule has 0 radical (unpaired) electrons. The van der Waals surface area contributed by atoms with Gasteiger partial charge in [-0.25, -0.2) is 4.79 Å². The normalized spacial score (nSPS) is 15.5. The van der Waals surface area contributed by atoms with Gasteiger partial charge in [-0.3, -0.25) is 4.68 Å².